The molecular formula is C18H28IN5OS. The number of thiophene rings is 1. The summed E-state index contributed by atoms with van der Waals surface area (Å²) in [5.74, 6) is 2.37. The predicted octanol–water partition coefficient (Wildman–Crippen LogP) is 3.16. The van der Waals surface area contributed by atoms with Gasteiger partial charge in [-0.2, -0.15) is 0 Å². The van der Waals surface area contributed by atoms with E-state index in [2.05, 4.69) is 49.7 Å². The lowest BCUT2D eigenvalue weighted by Crippen LogP contribution is -2.52. The fraction of sp³-hybridized carbons (Fsp3) is 0.556. The maximum Gasteiger partial charge on any atom is 0.193 e. The number of aryl methyl sites for hydroxylation is 1. The summed E-state index contributed by atoms with van der Waals surface area (Å²) in [6.45, 7) is 9.91. The van der Waals surface area contributed by atoms with Gasteiger partial charge >= 0.3 is 0 Å². The minimum Gasteiger partial charge on any atom is -0.361 e. The molecule has 26 heavy (non-hydrogen) atoms. The van der Waals surface area contributed by atoms with Gasteiger partial charge in [0.1, 0.15) is 5.76 Å². The average molecular weight is 489 g/mol. The van der Waals surface area contributed by atoms with Gasteiger partial charge in [0.2, 0.25) is 0 Å². The van der Waals surface area contributed by atoms with E-state index >= 15 is 0 Å². The third-order valence-corrected chi connectivity index (χ3v) is 5.65. The van der Waals surface area contributed by atoms with E-state index in [4.69, 9.17) is 4.52 Å². The highest BCUT2D eigenvalue weighted by molar-refractivity contribution is 14.0. The second kappa shape index (κ2) is 10.3. The molecule has 0 aliphatic carbocycles. The molecule has 144 valence electrons. The summed E-state index contributed by atoms with van der Waals surface area (Å²) in [5.41, 5.74) is 1.01. The molecule has 0 spiro atoms. The lowest BCUT2D eigenvalue weighted by Gasteiger charge is -2.36. The first-order chi connectivity index (χ1) is 12.2. The predicted molar refractivity (Wildman–Crippen MR) is 118 cm³/mol. The smallest absolute Gasteiger partial charge is 0.193 e. The molecule has 8 heteroatoms. The minimum absolute atomic E-state index is 0. The van der Waals surface area contributed by atoms with Crippen molar-refractivity contribution < 1.29 is 4.52 Å². The van der Waals surface area contributed by atoms with Crippen LogP contribution in [-0.4, -0.2) is 60.7 Å². The van der Waals surface area contributed by atoms with Crippen molar-refractivity contribution in [3.05, 3.63) is 39.9 Å². The zero-order valence-electron chi connectivity index (χ0n) is 15.6. The van der Waals surface area contributed by atoms with Gasteiger partial charge in [0.05, 0.1) is 5.69 Å². The number of aromatic nitrogens is 1. The molecular weight excluding hydrogens is 461 g/mol. The van der Waals surface area contributed by atoms with Crippen LogP contribution in [0.2, 0.25) is 0 Å². The van der Waals surface area contributed by atoms with Crippen LogP contribution in [0.3, 0.4) is 0 Å². The lowest BCUT2D eigenvalue weighted by atomic mass is 10.1. The lowest BCUT2D eigenvalue weighted by molar-refractivity contribution is 0.169. The van der Waals surface area contributed by atoms with Gasteiger partial charge in [-0.15, -0.1) is 35.3 Å². The normalized spacial score (nSPS) is 17.0. The molecule has 1 saturated heterocycles. The van der Waals surface area contributed by atoms with Crippen LogP contribution in [0.25, 0.3) is 0 Å². The van der Waals surface area contributed by atoms with E-state index < -0.39 is 0 Å². The summed E-state index contributed by atoms with van der Waals surface area (Å²) in [5, 5.41) is 9.75. The van der Waals surface area contributed by atoms with Gasteiger partial charge in [0, 0.05) is 63.2 Å². The summed E-state index contributed by atoms with van der Waals surface area (Å²) in [7, 11) is 1.86. The Morgan fingerprint density at radius 3 is 2.73 bits per heavy atom. The molecule has 3 heterocycles. The Hall–Kier alpha value is -1.13. The first kappa shape index (κ1) is 21.2. The van der Waals surface area contributed by atoms with Gasteiger partial charge in [0.15, 0.2) is 5.96 Å². The van der Waals surface area contributed by atoms with Crippen molar-refractivity contribution in [2.75, 3.05) is 39.8 Å². The van der Waals surface area contributed by atoms with Crippen molar-refractivity contribution in [2.45, 2.75) is 26.3 Å². The Bertz CT molecular complexity index is 680. The fourth-order valence-electron chi connectivity index (χ4n) is 3.09. The molecule has 0 amide bonds. The van der Waals surface area contributed by atoms with E-state index in [9.17, 15) is 0 Å². The first-order valence-electron chi connectivity index (χ1n) is 8.79. The number of nitrogens with zero attached hydrogens (tertiary/aromatic N) is 4. The van der Waals surface area contributed by atoms with Crippen molar-refractivity contribution in [3.63, 3.8) is 0 Å². The van der Waals surface area contributed by atoms with Gasteiger partial charge in [-0.05, 0) is 18.4 Å². The number of rotatable bonds is 5. The van der Waals surface area contributed by atoms with Crippen molar-refractivity contribution in [3.8, 4) is 0 Å². The fourth-order valence-corrected chi connectivity index (χ4v) is 3.88. The number of piperazine rings is 1. The Morgan fingerprint density at radius 2 is 2.15 bits per heavy atom. The summed E-state index contributed by atoms with van der Waals surface area (Å²) in [6, 6.07) is 6.32. The summed E-state index contributed by atoms with van der Waals surface area (Å²) < 4.78 is 5.15. The van der Waals surface area contributed by atoms with Gasteiger partial charge in [0.25, 0.3) is 0 Å². The van der Waals surface area contributed by atoms with Crippen molar-refractivity contribution in [2.24, 2.45) is 4.99 Å². The minimum atomic E-state index is 0. The Balaban J connectivity index is 0.00000243. The molecule has 2 aromatic rings. The number of guanidine groups is 1. The number of nitrogens with one attached hydrogen (secondary N) is 1. The van der Waals surface area contributed by atoms with E-state index in [1.807, 2.05) is 31.4 Å². The molecule has 6 nitrogen and oxygen atoms in total. The maximum absolute atomic E-state index is 5.15. The number of halogens is 1. The molecule has 0 bridgehead atoms. The number of hydrogen-bond donors (Lipinski definition) is 1. The molecule has 2 aromatic heterocycles. The van der Waals surface area contributed by atoms with Crippen molar-refractivity contribution in [1.29, 1.82) is 0 Å². The van der Waals surface area contributed by atoms with Crippen LogP contribution in [0.1, 0.15) is 29.2 Å². The third-order valence-electron chi connectivity index (χ3n) is 4.54. The molecule has 1 aliphatic heterocycles. The SMILES string of the molecule is CN=C(NCC(C)c1cccs1)N1CCN(Cc2cc(C)on2)CC1.I. The standard InChI is InChI=1S/C18H27N5OS.HI/c1-14(17-5-4-10-25-17)12-20-18(19-3)23-8-6-22(7-9-23)13-16-11-15(2)24-21-16;/h4-5,10-11,14H,6-9,12-13H2,1-3H3,(H,19,20);1H. The maximum atomic E-state index is 5.15. The molecule has 1 unspecified atom stereocenters. The van der Waals surface area contributed by atoms with Crippen molar-refractivity contribution >= 4 is 41.3 Å². The molecule has 1 aliphatic rings. The summed E-state index contributed by atoms with van der Waals surface area (Å²) in [4.78, 5) is 10.6. The quantitative estimate of drug-likeness (QED) is 0.398. The molecule has 1 N–H and O–H groups in total. The number of aliphatic imine (C=N–C) groups is 1. The Labute approximate surface area is 176 Å². The van der Waals surface area contributed by atoms with Crippen LogP contribution in [0, 0.1) is 6.92 Å². The highest BCUT2D eigenvalue weighted by Crippen LogP contribution is 2.19. The van der Waals surface area contributed by atoms with Crippen LogP contribution in [0.4, 0.5) is 0 Å². The van der Waals surface area contributed by atoms with Crippen LogP contribution in [-0.2, 0) is 6.54 Å². The second-order valence-corrected chi connectivity index (χ2v) is 7.52. The van der Waals surface area contributed by atoms with Crippen LogP contribution < -0.4 is 5.32 Å². The molecule has 0 saturated carbocycles. The Morgan fingerprint density at radius 1 is 1.38 bits per heavy atom. The van der Waals surface area contributed by atoms with Gasteiger partial charge in [-0.25, -0.2) is 0 Å². The van der Waals surface area contributed by atoms with Gasteiger partial charge < -0.3 is 14.7 Å². The summed E-state index contributed by atoms with van der Waals surface area (Å²) >= 11 is 1.82. The number of hydrogen-bond acceptors (Lipinski definition) is 5. The molecule has 0 aromatic carbocycles. The van der Waals surface area contributed by atoms with Crippen molar-refractivity contribution in [1.82, 2.24) is 20.3 Å². The highest BCUT2D eigenvalue weighted by atomic mass is 127. The average Bonchev–Trinajstić information content (AvgIpc) is 3.28. The first-order valence-corrected chi connectivity index (χ1v) is 9.67. The molecule has 3 rings (SSSR count). The van der Waals surface area contributed by atoms with E-state index in [1.165, 1.54) is 4.88 Å². The van der Waals surface area contributed by atoms with E-state index in [0.717, 1.165) is 56.7 Å². The van der Waals surface area contributed by atoms with Crippen LogP contribution in [0.15, 0.2) is 33.1 Å². The zero-order valence-corrected chi connectivity index (χ0v) is 18.8. The molecule has 1 fully saturated rings. The third kappa shape index (κ3) is 5.68. The van der Waals surface area contributed by atoms with Crippen LogP contribution in [0.5, 0.6) is 0 Å². The van der Waals surface area contributed by atoms with E-state index in [0.29, 0.717) is 5.92 Å². The molecule has 1 atom stereocenters. The van der Waals surface area contributed by atoms with E-state index in [-0.39, 0.29) is 24.0 Å². The largest absolute Gasteiger partial charge is 0.361 e. The van der Waals surface area contributed by atoms with Crippen LogP contribution >= 0.6 is 35.3 Å². The molecule has 0 radical (unpaired) electrons. The Kier molecular flexibility index (Phi) is 8.36. The zero-order chi connectivity index (χ0) is 17.6. The van der Waals surface area contributed by atoms with Gasteiger partial charge in [-0.3, -0.25) is 9.89 Å². The van der Waals surface area contributed by atoms with E-state index in [1.54, 1.807) is 0 Å². The summed E-state index contributed by atoms with van der Waals surface area (Å²) in [6.07, 6.45) is 0. The highest BCUT2D eigenvalue weighted by Gasteiger charge is 2.21. The van der Waals surface area contributed by atoms with Gasteiger partial charge in [-0.1, -0.05) is 18.1 Å². The topological polar surface area (TPSA) is 56.9 Å². The second-order valence-electron chi connectivity index (χ2n) is 6.54. The monoisotopic (exact) mass is 489 g/mol.